The highest BCUT2D eigenvalue weighted by Gasteiger charge is 2.07. The number of carbonyl (C=O) groups excluding carboxylic acids is 1. The molecule has 0 aliphatic carbocycles. The molecule has 1 amide bonds. The molecule has 0 aliphatic rings. The molecule has 106 valence electrons. The number of thiophene rings is 1. The molecule has 2 aromatic rings. The van der Waals surface area contributed by atoms with E-state index in [4.69, 9.17) is 0 Å². The number of aryl methyl sites for hydroxylation is 2. The smallest absolute Gasteiger partial charge is 0.269 e. The minimum Gasteiger partial charge on any atom is -0.380 e. The second kappa shape index (κ2) is 6.52. The van der Waals surface area contributed by atoms with Gasteiger partial charge in [-0.1, -0.05) is 0 Å². The third-order valence-electron chi connectivity index (χ3n) is 3.01. The Morgan fingerprint density at radius 1 is 1.35 bits per heavy atom. The predicted octanol–water partition coefficient (Wildman–Crippen LogP) is 3.12. The lowest BCUT2D eigenvalue weighted by atomic mass is 10.2. The van der Waals surface area contributed by atoms with Crippen LogP contribution in [0.2, 0.25) is 0 Å². The van der Waals surface area contributed by atoms with Gasteiger partial charge in [0, 0.05) is 34.7 Å². The van der Waals surface area contributed by atoms with Crippen LogP contribution in [0.4, 0.5) is 5.69 Å². The van der Waals surface area contributed by atoms with E-state index in [2.05, 4.69) is 35.5 Å². The van der Waals surface area contributed by atoms with Crippen LogP contribution >= 0.6 is 11.3 Å². The van der Waals surface area contributed by atoms with E-state index in [9.17, 15) is 4.79 Å². The fourth-order valence-corrected chi connectivity index (χ4v) is 2.84. The molecule has 5 heteroatoms. The number of nitrogens with one attached hydrogen (secondary N) is 2. The number of pyridine rings is 1. The summed E-state index contributed by atoms with van der Waals surface area (Å²) < 4.78 is 0. The molecule has 2 rings (SSSR count). The van der Waals surface area contributed by atoms with Gasteiger partial charge < -0.3 is 10.6 Å². The summed E-state index contributed by atoms with van der Waals surface area (Å²) in [5, 5.41) is 6.08. The second-order valence-electron chi connectivity index (χ2n) is 4.59. The van der Waals surface area contributed by atoms with E-state index in [1.807, 2.05) is 13.0 Å². The maximum absolute atomic E-state index is 11.7. The molecule has 0 bridgehead atoms. The van der Waals surface area contributed by atoms with Crippen LogP contribution in [-0.2, 0) is 6.54 Å². The van der Waals surface area contributed by atoms with Crippen molar-refractivity contribution in [3.63, 3.8) is 0 Å². The van der Waals surface area contributed by atoms with Crippen LogP contribution < -0.4 is 10.6 Å². The lowest BCUT2D eigenvalue weighted by Crippen LogP contribution is -2.23. The Morgan fingerprint density at radius 2 is 2.15 bits per heavy atom. The quantitative estimate of drug-likeness (QED) is 0.889. The van der Waals surface area contributed by atoms with Crippen LogP contribution in [0.1, 0.15) is 32.7 Å². The Bertz CT molecular complexity index is 587. The molecule has 0 atom stereocenters. The van der Waals surface area contributed by atoms with Crippen LogP contribution in [0.3, 0.4) is 0 Å². The van der Waals surface area contributed by atoms with Crippen molar-refractivity contribution in [2.24, 2.45) is 0 Å². The number of rotatable bonds is 5. The molecule has 0 unspecified atom stereocenters. The van der Waals surface area contributed by atoms with Crippen molar-refractivity contribution in [3.05, 3.63) is 45.4 Å². The average Bonchev–Trinajstić information content (AvgIpc) is 2.76. The second-order valence-corrected chi connectivity index (χ2v) is 5.94. The summed E-state index contributed by atoms with van der Waals surface area (Å²) in [5.41, 5.74) is 2.67. The maximum atomic E-state index is 11.7. The summed E-state index contributed by atoms with van der Waals surface area (Å²) in [6.45, 7) is 7.50. The molecule has 2 aromatic heterocycles. The van der Waals surface area contributed by atoms with E-state index in [0.717, 1.165) is 12.2 Å². The zero-order valence-corrected chi connectivity index (χ0v) is 12.8. The van der Waals surface area contributed by atoms with Crippen LogP contribution in [0.15, 0.2) is 24.4 Å². The van der Waals surface area contributed by atoms with Gasteiger partial charge in [0.25, 0.3) is 5.91 Å². The first-order valence-electron chi connectivity index (χ1n) is 6.64. The maximum Gasteiger partial charge on any atom is 0.269 e. The fraction of sp³-hybridized carbons (Fsp3) is 0.333. The molecule has 2 N–H and O–H groups in total. The Labute approximate surface area is 123 Å². The largest absolute Gasteiger partial charge is 0.380 e. The Hall–Kier alpha value is -1.88. The predicted molar refractivity (Wildman–Crippen MR) is 83.4 cm³/mol. The summed E-state index contributed by atoms with van der Waals surface area (Å²) >= 11 is 1.79. The zero-order valence-electron chi connectivity index (χ0n) is 12.0. The first-order chi connectivity index (χ1) is 9.60. The summed E-state index contributed by atoms with van der Waals surface area (Å²) in [6, 6.07) is 5.84. The Morgan fingerprint density at radius 3 is 2.80 bits per heavy atom. The lowest BCUT2D eigenvalue weighted by molar-refractivity contribution is 0.0951. The summed E-state index contributed by atoms with van der Waals surface area (Å²) in [7, 11) is 0. The van der Waals surface area contributed by atoms with Crippen molar-refractivity contribution >= 4 is 22.9 Å². The summed E-state index contributed by atoms with van der Waals surface area (Å²) in [4.78, 5) is 18.4. The topological polar surface area (TPSA) is 54.0 Å². The van der Waals surface area contributed by atoms with Gasteiger partial charge in [0.05, 0.1) is 0 Å². The van der Waals surface area contributed by atoms with Crippen molar-refractivity contribution < 1.29 is 4.79 Å². The van der Waals surface area contributed by atoms with E-state index in [-0.39, 0.29) is 5.91 Å². The molecule has 2 heterocycles. The Balaban J connectivity index is 2.02. The molecule has 0 spiro atoms. The van der Waals surface area contributed by atoms with Crippen molar-refractivity contribution in [2.75, 3.05) is 11.9 Å². The van der Waals surface area contributed by atoms with Crippen LogP contribution in [0.5, 0.6) is 0 Å². The highest BCUT2D eigenvalue weighted by Crippen LogP contribution is 2.21. The van der Waals surface area contributed by atoms with E-state index >= 15 is 0 Å². The van der Waals surface area contributed by atoms with Gasteiger partial charge in [-0.2, -0.15) is 0 Å². The van der Waals surface area contributed by atoms with Gasteiger partial charge in [-0.15, -0.1) is 11.3 Å². The van der Waals surface area contributed by atoms with Crippen molar-refractivity contribution in [3.8, 4) is 0 Å². The van der Waals surface area contributed by atoms with Crippen molar-refractivity contribution in [2.45, 2.75) is 27.3 Å². The SMILES string of the molecule is CCNC(=O)c1cc(NCc2cc(C)c(C)s2)ccn1. The lowest BCUT2D eigenvalue weighted by Gasteiger charge is -2.06. The minimum absolute atomic E-state index is 0.140. The van der Waals surface area contributed by atoms with Crippen LogP contribution in [0, 0.1) is 13.8 Å². The molecule has 0 aliphatic heterocycles. The summed E-state index contributed by atoms with van der Waals surface area (Å²) in [5.74, 6) is -0.140. The number of anilines is 1. The standard InChI is InChI=1S/C15H19N3OS/c1-4-16-15(19)14-8-12(5-6-17-14)18-9-13-7-10(2)11(3)20-13/h5-8H,4,9H2,1-3H3,(H,16,19)(H,17,18). The van der Waals surface area contributed by atoms with E-state index in [1.54, 1.807) is 23.6 Å². The third kappa shape index (κ3) is 3.57. The molecular weight excluding hydrogens is 270 g/mol. The van der Waals surface area contributed by atoms with E-state index in [1.165, 1.54) is 15.3 Å². The number of amides is 1. The highest BCUT2D eigenvalue weighted by molar-refractivity contribution is 7.12. The van der Waals surface area contributed by atoms with E-state index in [0.29, 0.717) is 12.2 Å². The average molecular weight is 289 g/mol. The number of carbonyl (C=O) groups is 1. The molecule has 0 saturated carbocycles. The fourth-order valence-electron chi connectivity index (χ4n) is 1.84. The number of aromatic nitrogens is 1. The molecular formula is C15H19N3OS. The van der Waals surface area contributed by atoms with Gasteiger partial charge in [-0.05, 0) is 44.5 Å². The first kappa shape index (κ1) is 14.5. The third-order valence-corrected chi connectivity index (χ3v) is 4.17. The monoisotopic (exact) mass is 289 g/mol. The minimum atomic E-state index is -0.140. The van der Waals surface area contributed by atoms with Gasteiger partial charge in [0.1, 0.15) is 5.69 Å². The van der Waals surface area contributed by atoms with Gasteiger partial charge >= 0.3 is 0 Å². The van der Waals surface area contributed by atoms with Crippen LogP contribution in [-0.4, -0.2) is 17.4 Å². The zero-order chi connectivity index (χ0) is 14.5. The van der Waals surface area contributed by atoms with Crippen molar-refractivity contribution in [1.29, 1.82) is 0 Å². The van der Waals surface area contributed by atoms with E-state index < -0.39 is 0 Å². The summed E-state index contributed by atoms with van der Waals surface area (Å²) in [6.07, 6.45) is 1.65. The van der Waals surface area contributed by atoms with Gasteiger partial charge in [-0.25, -0.2) is 0 Å². The highest BCUT2D eigenvalue weighted by atomic mass is 32.1. The molecule has 0 aromatic carbocycles. The number of nitrogens with zero attached hydrogens (tertiary/aromatic N) is 1. The molecule has 0 radical (unpaired) electrons. The van der Waals surface area contributed by atoms with Crippen LogP contribution in [0.25, 0.3) is 0 Å². The molecule has 20 heavy (non-hydrogen) atoms. The number of hydrogen-bond acceptors (Lipinski definition) is 4. The Kier molecular flexibility index (Phi) is 4.74. The molecule has 0 saturated heterocycles. The normalized spacial score (nSPS) is 10.3. The number of hydrogen-bond donors (Lipinski definition) is 2. The molecule has 0 fully saturated rings. The molecule has 4 nitrogen and oxygen atoms in total. The van der Waals surface area contributed by atoms with Gasteiger partial charge in [-0.3, -0.25) is 9.78 Å². The first-order valence-corrected chi connectivity index (χ1v) is 7.46. The van der Waals surface area contributed by atoms with Gasteiger partial charge in [0.2, 0.25) is 0 Å². The van der Waals surface area contributed by atoms with Crippen molar-refractivity contribution in [1.82, 2.24) is 10.3 Å². The van der Waals surface area contributed by atoms with Gasteiger partial charge in [0.15, 0.2) is 0 Å².